The molecule has 4 fully saturated rings. The molecule has 0 bridgehead atoms. The molecule has 208 valence electrons. The van der Waals surface area contributed by atoms with Crippen molar-refractivity contribution in [2.24, 2.45) is 52.3 Å². The Morgan fingerprint density at radius 3 is 2.44 bits per heavy atom. The quantitative estimate of drug-likeness (QED) is 0.142. The topological polar surface area (TPSA) is 26.3 Å². The summed E-state index contributed by atoms with van der Waals surface area (Å²) >= 11 is 3.51. The van der Waals surface area contributed by atoms with E-state index in [-0.39, 0.29) is 17.5 Å². The Labute approximate surface area is 232 Å². The van der Waals surface area contributed by atoms with Gasteiger partial charge in [0.1, 0.15) is 6.10 Å². The number of unbranched alkanes of at least 4 members (excludes halogenated alkanes) is 2. The summed E-state index contributed by atoms with van der Waals surface area (Å²) in [6.45, 7) is 12.6. The van der Waals surface area contributed by atoms with Gasteiger partial charge in [-0.3, -0.25) is 4.79 Å². The van der Waals surface area contributed by atoms with Crippen LogP contribution in [-0.2, 0) is 9.53 Å². The van der Waals surface area contributed by atoms with Gasteiger partial charge in [-0.1, -0.05) is 76.2 Å². The maximum atomic E-state index is 12.9. The number of esters is 1. The van der Waals surface area contributed by atoms with E-state index in [2.05, 4.69) is 50.5 Å². The molecule has 9 atom stereocenters. The van der Waals surface area contributed by atoms with E-state index in [4.69, 9.17) is 4.74 Å². The second kappa shape index (κ2) is 12.4. The fourth-order valence-electron chi connectivity index (χ4n) is 10.3. The first-order valence-corrected chi connectivity index (χ1v) is 17.1. The average molecular weight is 566 g/mol. The van der Waals surface area contributed by atoms with E-state index in [0.29, 0.717) is 11.8 Å². The summed E-state index contributed by atoms with van der Waals surface area (Å²) in [6, 6.07) is 0. The van der Waals surface area contributed by atoms with Gasteiger partial charge in [-0.15, -0.1) is 0 Å². The molecular formula is C33H57BrO2. The van der Waals surface area contributed by atoms with Gasteiger partial charge in [0.25, 0.3) is 0 Å². The SMILES string of the molecule is CC(C)CCC[C@H](C)[C@@H]1CC[C@H]2[C@H]3CC[C@H]4CCCC(OC(=O)CCCCCBr)[C@]4(C)[C@H]3CC[C@@]21C. The van der Waals surface area contributed by atoms with Crippen LogP contribution in [0.2, 0.25) is 0 Å². The van der Waals surface area contributed by atoms with E-state index in [9.17, 15) is 4.79 Å². The minimum absolute atomic E-state index is 0.0790. The fourth-order valence-corrected chi connectivity index (χ4v) is 10.7. The molecule has 0 aromatic rings. The third kappa shape index (κ3) is 5.77. The Morgan fingerprint density at radius 1 is 0.889 bits per heavy atom. The minimum atomic E-state index is 0.0790. The third-order valence-corrected chi connectivity index (χ3v) is 12.7. The van der Waals surface area contributed by atoms with Crippen molar-refractivity contribution in [1.29, 1.82) is 0 Å². The molecule has 1 unspecified atom stereocenters. The first-order chi connectivity index (χ1) is 17.2. The van der Waals surface area contributed by atoms with Gasteiger partial charge >= 0.3 is 5.97 Å². The highest BCUT2D eigenvalue weighted by molar-refractivity contribution is 9.09. The molecule has 0 saturated heterocycles. The van der Waals surface area contributed by atoms with Crippen molar-refractivity contribution in [2.45, 2.75) is 143 Å². The van der Waals surface area contributed by atoms with Crippen LogP contribution in [0.25, 0.3) is 0 Å². The number of fused-ring (bicyclic) bond motifs is 5. The summed E-state index contributed by atoms with van der Waals surface area (Å²) < 4.78 is 6.40. The number of carbonyl (C=O) groups is 1. The molecule has 36 heavy (non-hydrogen) atoms. The number of halogens is 1. The summed E-state index contributed by atoms with van der Waals surface area (Å²) in [5.41, 5.74) is 0.743. The van der Waals surface area contributed by atoms with E-state index in [1.165, 1.54) is 70.6 Å². The predicted molar refractivity (Wildman–Crippen MR) is 155 cm³/mol. The summed E-state index contributed by atoms with van der Waals surface area (Å²) in [5.74, 6) is 5.98. The number of rotatable bonds is 11. The summed E-state index contributed by atoms with van der Waals surface area (Å²) in [7, 11) is 0. The van der Waals surface area contributed by atoms with Gasteiger partial charge in [0.15, 0.2) is 0 Å². The highest BCUT2D eigenvalue weighted by Crippen LogP contribution is 2.68. The Morgan fingerprint density at radius 2 is 1.69 bits per heavy atom. The Balaban J connectivity index is 1.44. The van der Waals surface area contributed by atoms with Gasteiger partial charge in [0.05, 0.1) is 0 Å². The molecule has 0 radical (unpaired) electrons. The lowest BCUT2D eigenvalue weighted by Gasteiger charge is -2.62. The van der Waals surface area contributed by atoms with Crippen molar-refractivity contribution >= 4 is 21.9 Å². The summed E-state index contributed by atoms with van der Waals surface area (Å²) in [5, 5.41) is 1.03. The first-order valence-electron chi connectivity index (χ1n) is 16.0. The van der Waals surface area contributed by atoms with Crippen molar-refractivity contribution in [2.75, 3.05) is 5.33 Å². The van der Waals surface area contributed by atoms with Crippen LogP contribution in [0.1, 0.15) is 137 Å². The summed E-state index contributed by atoms with van der Waals surface area (Å²) in [6.07, 6.45) is 20.4. The van der Waals surface area contributed by atoms with Crippen LogP contribution in [0.3, 0.4) is 0 Å². The molecule has 4 aliphatic carbocycles. The Hall–Kier alpha value is -0.0500. The zero-order valence-electron chi connectivity index (χ0n) is 24.3. The van der Waals surface area contributed by atoms with Crippen molar-refractivity contribution in [3.8, 4) is 0 Å². The zero-order valence-corrected chi connectivity index (χ0v) is 25.9. The van der Waals surface area contributed by atoms with Crippen molar-refractivity contribution in [3.05, 3.63) is 0 Å². The second-order valence-electron chi connectivity index (χ2n) is 14.5. The number of hydrogen-bond acceptors (Lipinski definition) is 2. The molecule has 4 rings (SSSR count). The largest absolute Gasteiger partial charge is 0.462 e. The third-order valence-electron chi connectivity index (χ3n) is 12.2. The van der Waals surface area contributed by atoms with Gasteiger partial charge in [-0.05, 0) is 117 Å². The van der Waals surface area contributed by atoms with Gasteiger partial charge in [-0.25, -0.2) is 0 Å². The van der Waals surface area contributed by atoms with Crippen molar-refractivity contribution in [1.82, 2.24) is 0 Å². The normalized spacial score (nSPS) is 40.9. The van der Waals surface area contributed by atoms with Crippen LogP contribution >= 0.6 is 15.9 Å². The lowest BCUT2D eigenvalue weighted by Crippen LogP contribution is -2.58. The van der Waals surface area contributed by atoms with E-state index in [1.54, 1.807) is 0 Å². The van der Waals surface area contributed by atoms with E-state index in [0.717, 1.165) is 72.4 Å². The number of carbonyl (C=O) groups excluding carboxylic acids is 1. The number of alkyl halides is 1. The molecule has 0 N–H and O–H groups in total. The van der Waals surface area contributed by atoms with Gasteiger partial charge in [0, 0.05) is 17.2 Å². The molecule has 2 nitrogen and oxygen atoms in total. The average Bonchev–Trinajstić information content (AvgIpc) is 3.19. The highest BCUT2D eigenvalue weighted by Gasteiger charge is 2.62. The zero-order chi connectivity index (χ0) is 25.9. The lowest BCUT2D eigenvalue weighted by molar-refractivity contribution is -0.192. The van der Waals surface area contributed by atoms with Crippen molar-refractivity contribution in [3.63, 3.8) is 0 Å². The first kappa shape index (κ1) is 28.9. The molecule has 3 heteroatoms. The molecule has 0 heterocycles. The van der Waals surface area contributed by atoms with Crippen molar-refractivity contribution < 1.29 is 9.53 Å². The van der Waals surface area contributed by atoms with Crippen LogP contribution in [0, 0.1) is 52.3 Å². The molecule has 0 amide bonds. The molecule has 0 spiro atoms. The monoisotopic (exact) mass is 564 g/mol. The minimum Gasteiger partial charge on any atom is -0.462 e. The van der Waals surface area contributed by atoms with E-state index < -0.39 is 0 Å². The number of hydrogen-bond donors (Lipinski definition) is 0. The summed E-state index contributed by atoms with van der Waals surface area (Å²) in [4.78, 5) is 12.9. The molecule has 0 aromatic heterocycles. The van der Waals surface area contributed by atoms with Crippen LogP contribution in [0.4, 0.5) is 0 Å². The number of ether oxygens (including phenoxy) is 1. The molecule has 0 aliphatic heterocycles. The van der Waals surface area contributed by atoms with Crippen LogP contribution in [-0.4, -0.2) is 17.4 Å². The van der Waals surface area contributed by atoms with Gasteiger partial charge in [0.2, 0.25) is 0 Å². The maximum Gasteiger partial charge on any atom is 0.306 e. The highest BCUT2D eigenvalue weighted by atomic mass is 79.9. The second-order valence-corrected chi connectivity index (χ2v) is 15.2. The fraction of sp³-hybridized carbons (Fsp3) is 0.970. The molecular weight excluding hydrogens is 508 g/mol. The van der Waals surface area contributed by atoms with Crippen LogP contribution in [0.5, 0.6) is 0 Å². The Bertz CT molecular complexity index is 720. The van der Waals surface area contributed by atoms with Gasteiger partial charge < -0.3 is 4.74 Å². The maximum absolute atomic E-state index is 12.9. The molecule has 4 saturated carbocycles. The van der Waals surface area contributed by atoms with E-state index in [1.807, 2.05) is 0 Å². The lowest BCUT2D eigenvalue weighted by atomic mass is 9.44. The molecule has 0 aromatic carbocycles. The van der Waals surface area contributed by atoms with Crippen LogP contribution < -0.4 is 0 Å². The van der Waals surface area contributed by atoms with Crippen LogP contribution in [0.15, 0.2) is 0 Å². The Kier molecular flexibility index (Phi) is 9.99. The van der Waals surface area contributed by atoms with Gasteiger partial charge in [-0.2, -0.15) is 0 Å². The standard InChI is InChI=1S/C33H57BrO2/c1-23(2)11-9-12-24(3)27-18-19-28-26-17-16-25-13-10-14-30(36-31(35)15-7-6-8-22-34)33(25,5)29(26)20-21-32(27,28)4/h23-30H,6-22H2,1-5H3/t24-,25+,26+,27-,28-,29-,30?,32+,33-/m0/s1. The predicted octanol–water partition coefficient (Wildman–Crippen LogP) is 9.97. The molecule has 4 aliphatic rings. The van der Waals surface area contributed by atoms with E-state index >= 15 is 0 Å². The smallest absolute Gasteiger partial charge is 0.306 e.